The number of nitrogens with two attached hydrogens (primary N) is 1. The van der Waals surface area contributed by atoms with Gasteiger partial charge < -0.3 is 20.5 Å². The zero-order chi connectivity index (χ0) is 10.7. The Kier molecular flexibility index (Phi) is 3.71. The van der Waals surface area contributed by atoms with Crippen molar-refractivity contribution >= 4 is 6.09 Å². The minimum atomic E-state index is -0.733. The number of hydrogen-bond acceptors (Lipinski definition) is 4. The summed E-state index contributed by atoms with van der Waals surface area (Å²) >= 11 is 0. The van der Waals surface area contributed by atoms with Crippen LogP contribution in [-0.4, -0.2) is 48.4 Å². The van der Waals surface area contributed by atoms with E-state index in [2.05, 4.69) is 0 Å². The lowest BCUT2D eigenvalue weighted by molar-refractivity contribution is -0.0144. The lowest BCUT2D eigenvalue weighted by atomic mass is 9.89. The van der Waals surface area contributed by atoms with E-state index >= 15 is 0 Å². The molecule has 3 N–H and O–H groups in total. The second-order valence-corrected chi connectivity index (χ2v) is 3.97. The second-order valence-electron chi connectivity index (χ2n) is 3.97. The van der Waals surface area contributed by atoms with E-state index in [1.165, 1.54) is 0 Å². The fraction of sp³-hybridized carbons (Fsp3) is 0.889. The summed E-state index contributed by atoms with van der Waals surface area (Å²) in [6, 6.07) is 0.0492. The number of amides is 1. The van der Waals surface area contributed by atoms with Crippen LogP contribution in [0, 0.1) is 0 Å². The number of hydrogen-bond donors (Lipinski definition) is 2. The molecule has 1 aliphatic rings. The van der Waals surface area contributed by atoms with Gasteiger partial charge in [-0.3, -0.25) is 0 Å². The molecule has 3 atom stereocenters. The Morgan fingerprint density at radius 3 is 2.64 bits per heavy atom. The summed E-state index contributed by atoms with van der Waals surface area (Å²) in [5, 5.41) is 9.68. The molecule has 82 valence electrons. The van der Waals surface area contributed by atoms with Gasteiger partial charge in [0.15, 0.2) is 0 Å². The first-order chi connectivity index (χ1) is 6.50. The summed E-state index contributed by atoms with van der Waals surface area (Å²) in [6.45, 7) is 0. The zero-order valence-electron chi connectivity index (χ0n) is 8.64. The average Bonchev–Trinajstić information content (AvgIpc) is 2.07. The van der Waals surface area contributed by atoms with Gasteiger partial charge in [0.05, 0.1) is 6.10 Å². The van der Waals surface area contributed by atoms with Gasteiger partial charge in [-0.1, -0.05) is 0 Å². The van der Waals surface area contributed by atoms with Crippen LogP contribution in [0.4, 0.5) is 4.79 Å². The predicted octanol–water partition coefficient (Wildman–Crippen LogP) is -0.0747. The van der Waals surface area contributed by atoms with Crippen LogP contribution in [0.1, 0.15) is 19.3 Å². The van der Waals surface area contributed by atoms with Crippen molar-refractivity contribution in [2.75, 3.05) is 14.1 Å². The maximum absolute atomic E-state index is 10.5. The summed E-state index contributed by atoms with van der Waals surface area (Å²) in [6.07, 6.45) is 0.775. The third-order valence-corrected chi connectivity index (χ3v) is 2.68. The van der Waals surface area contributed by atoms with E-state index in [1.807, 2.05) is 19.0 Å². The Morgan fingerprint density at radius 2 is 2.14 bits per heavy atom. The summed E-state index contributed by atoms with van der Waals surface area (Å²) in [7, 11) is 3.81. The molecular weight excluding hydrogens is 184 g/mol. The average molecular weight is 202 g/mol. The van der Waals surface area contributed by atoms with Crippen molar-refractivity contribution < 1.29 is 14.6 Å². The van der Waals surface area contributed by atoms with E-state index in [-0.39, 0.29) is 18.2 Å². The Morgan fingerprint density at radius 1 is 1.50 bits per heavy atom. The van der Waals surface area contributed by atoms with Crippen LogP contribution in [0.5, 0.6) is 0 Å². The fourth-order valence-corrected chi connectivity index (χ4v) is 1.92. The van der Waals surface area contributed by atoms with Gasteiger partial charge in [0.2, 0.25) is 0 Å². The number of carbonyl (C=O) groups is 1. The molecule has 1 fully saturated rings. The molecule has 0 spiro atoms. The van der Waals surface area contributed by atoms with Crippen LogP contribution in [-0.2, 0) is 4.74 Å². The van der Waals surface area contributed by atoms with E-state index in [1.54, 1.807) is 0 Å². The molecular formula is C9H18N2O3. The third-order valence-electron chi connectivity index (χ3n) is 2.68. The Labute approximate surface area is 83.8 Å². The van der Waals surface area contributed by atoms with E-state index in [9.17, 15) is 9.90 Å². The first-order valence-electron chi connectivity index (χ1n) is 4.81. The maximum Gasteiger partial charge on any atom is 0.404 e. The van der Waals surface area contributed by atoms with Crippen molar-refractivity contribution in [3.63, 3.8) is 0 Å². The molecule has 0 aromatic rings. The zero-order valence-corrected chi connectivity index (χ0v) is 8.64. The molecule has 1 aliphatic carbocycles. The number of rotatable bonds is 2. The molecule has 0 aromatic carbocycles. The first kappa shape index (κ1) is 11.3. The maximum atomic E-state index is 10.5. The monoisotopic (exact) mass is 202 g/mol. The Bertz CT molecular complexity index is 208. The Balaban J connectivity index is 2.48. The summed E-state index contributed by atoms with van der Waals surface area (Å²) in [5.41, 5.74) is 4.94. The van der Waals surface area contributed by atoms with Crippen LogP contribution in [0.3, 0.4) is 0 Å². The van der Waals surface area contributed by atoms with Crippen molar-refractivity contribution in [2.24, 2.45) is 5.73 Å². The molecule has 5 heteroatoms. The van der Waals surface area contributed by atoms with Crippen LogP contribution in [0.25, 0.3) is 0 Å². The van der Waals surface area contributed by atoms with Crippen LogP contribution < -0.4 is 5.73 Å². The molecule has 0 saturated heterocycles. The topological polar surface area (TPSA) is 75.8 Å². The van der Waals surface area contributed by atoms with Gasteiger partial charge in [0, 0.05) is 12.5 Å². The van der Waals surface area contributed by atoms with Gasteiger partial charge in [-0.25, -0.2) is 4.79 Å². The first-order valence-corrected chi connectivity index (χ1v) is 4.81. The summed E-state index contributed by atoms with van der Waals surface area (Å²) < 4.78 is 4.92. The van der Waals surface area contributed by atoms with Crippen LogP contribution in [0.2, 0.25) is 0 Å². The molecule has 0 unspecified atom stereocenters. The van der Waals surface area contributed by atoms with Gasteiger partial charge in [0.1, 0.15) is 6.10 Å². The molecule has 0 aliphatic heterocycles. The number of aliphatic hydroxyl groups excluding tert-OH is 1. The van der Waals surface area contributed by atoms with E-state index in [0.717, 1.165) is 0 Å². The standard InChI is InChI=1S/C9H18N2O3/c1-11(2)7-5-6(14-9(10)13)3-4-8(7)12/h6-8,12H,3-5H2,1-2H3,(H2,10,13)/t6-,7-,8-/m0/s1. The molecule has 0 bridgehead atoms. The SMILES string of the molecule is CN(C)[C@H]1C[C@@H](OC(N)=O)CC[C@@H]1O. The van der Waals surface area contributed by atoms with Crippen molar-refractivity contribution in [3.05, 3.63) is 0 Å². The molecule has 14 heavy (non-hydrogen) atoms. The molecule has 1 amide bonds. The van der Waals surface area contributed by atoms with Gasteiger partial charge in [-0.15, -0.1) is 0 Å². The number of nitrogens with zero attached hydrogens (tertiary/aromatic N) is 1. The highest BCUT2D eigenvalue weighted by Crippen LogP contribution is 2.24. The van der Waals surface area contributed by atoms with Crippen molar-refractivity contribution in [2.45, 2.75) is 37.5 Å². The minimum Gasteiger partial charge on any atom is -0.446 e. The molecule has 0 aromatic heterocycles. The highest BCUT2D eigenvalue weighted by molar-refractivity contribution is 5.64. The van der Waals surface area contributed by atoms with E-state index < -0.39 is 6.09 Å². The van der Waals surface area contributed by atoms with Crippen molar-refractivity contribution in [3.8, 4) is 0 Å². The number of primary amides is 1. The van der Waals surface area contributed by atoms with Crippen LogP contribution >= 0.6 is 0 Å². The number of carbonyl (C=O) groups excluding carboxylic acids is 1. The fourth-order valence-electron chi connectivity index (χ4n) is 1.92. The van der Waals surface area contributed by atoms with Gasteiger partial charge in [0.25, 0.3) is 0 Å². The number of aliphatic hydroxyl groups is 1. The summed E-state index contributed by atoms with van der Waals surface area (Å²) in [4.78, 5) is 12.5. The highest BCUT2D eigenvalue weighted by Gasteiger charge is 2.32. The van der Waals surface area contributed by atoms with Gasteiger partial charge >= 0.3 is 6.09 Å². The Hall–Kier alpha value is -0.810. The lowest BCUT2D eigenvalue weighted by Crippen LogP contribution is -2.46. The highest BCUT2D eigenvalue weighted by atomic mass is 16.6. The van der Waals surface area contributed by atoms with Gasteiger partial charge in [-0.2, -0.15) is 0 Å². The number of likely N-dealkylation sites (N-methyl/N-ethyl adjacent to an activating group) is 1. The number of ether oxygens (including phenoxy) is 1. The van der Waals surface area contributed by atoms with E-state index in [4.69, 9.17) is 10.5 Å². The van der Waals surface area contributed by atoms with Crippen molar-refractivity contribution in [1.82, 2.24) is 4.90 Å². The molecule has 5 nitrogen and oxygen atoms in total. The summed E-state index contributed by atoms with van der Waals surface area (Å²) in [5.74, 6) is 0. The van der Waals surface area contributed by atoms with Gasteiger partial charge in [-0.05, 0) is 26.9 Å². The molecule has 1 rings (SSSR count). The third kappa shape index (κ3) is 2.85. The molecule has 1 saturated carbocycles. The largest absolute Gasteiger partial charge is 0.446 e. The molecule has 0 heterocycles. The van der Waals surface area contributed by atoms with E-state index in [0.29, 0.717) is 19.3 Å². The second kappa shape index (κ2) is 4.61. The minimum absolute atomic E-state index is 0.0492. The van der Waals surface area contributed by atoms with Crippen LogP contribution in [0.15, 0.2) is 0 Å². The molecule has 0 radical (unpaired) electrons. The normalized spacial score (nSPS) is 33.0. The lowest BCUT2D eigenvalue weighted by Gasteiger charge is -2.36. The quantitative estimate of drug-likeness (QED) is 0.657. The smallest absolute Gasteiger partial charge is 0.404 e. The van der Waals surface area contributed by atoms with Crippen molar-refractivity contribution in [1.29, 1.82) is 0 Å². The predicted molar refractivity (Wildman–Crippen MR) is 51.8 cm³/mol.